The predicted molar refractivity (Wildman–Crippen MR) is 72.9 cm³/mol. The highest BCUT2D eigenvalue weighted by atomic mass is 15.2. The van der Waals surface area contributed by atoms with Gasteiger partial charge in [-0.3, -0.25) is 15.8 Å². The molecule has 5 nitrogen and oxygen atoms in total. The van der Waals surface area contributed by atoms with Gasteiger partial charge in [-0.2, -0.15) is 0 Å². The summed E-state index contributed by atoms with van der Waals surface area (Å²) in [5.74, 6) is 5.64. The van der Waals surface area contributed by atoms with E-state index in [0.29, 0.717) is 0 Å². The zero-order valence-corrected chi connectivity index (χ0v) is 10.2. The first kappa shape index (κ1) is 11.7. The van der Waals surface area contributed by atoms with Crippen molar-refractivity contribution in [3.8, 4) is 0 Å². The molecular weight excluding hydrogens is 238 g/mol. The van der Waals surface area contributed by atoms with Gasteiger partial charge in [-0.05, 0) is 23.8 Å². The molecule has 1 unspecified atom stereocenters. The van der Waals surface area contributed by atoms with Crippen LogP contribution in [0.15, 0.2) is 55.0 Å². The first-order chi connectivity index (χ1) is 9.38. The number of aromatic nitrogens is 3. The fourth-order valence-corrected chi connectivity index (χ4v) is 2.01. The average Bonchev–Trinajstić information content (AvgIpc) is 2.49. The molecule has 3 aromatic rings. The van der Waals surface area contributed by atoms with Crippen molar-refractivity contribution >= 4 is 11.0 Å². The number of nitrogens with one attached hydrogen (secondary N) is 1. The third kappa shape index (κ3) is 2.29. The van der Waals surface area contributed by atoms with Gasteiger partial charge in [-0.1, -0.05) is 18.2 Å². The van der Waals surface area contributed by atoms with Gasteiger partial charge >= 0.3 is 0 Å². The van der Waals surface area contributed by atoms with Crippen molar-refractivity contribution in [1.82, 2.24) is 20.4 Å². The number of nitrogens with zero attached hydrogens (tertiary/aromatic N) is 3. The zero-order valence-electron chi connectivity index (χ0n) is 10.2. The summed E-state index contributed by atoms with van der Waals surface area (Å²) in [6.45, 7) is 0. The largest absolute Gasteiger partial charge is 0.271 e. The molecule has 0 aliphatic rings. The van der Waals surface area contributed by atoms with Crippen LogP contribution in [0.25, 0.3) is 11.0 Å². The summed E-state index contributed by atoms with van der Waals surface area (Å²) in [7, 11) is 0. The maximum atomic E-state index is 5.64. The van der Waals surface area contributed by atoms with Crippen LogP contribution in [0.2, 0.25) is 0 Å². The lowest BCUT2D eigenvalue weighted by Crippen LogP contribution is -2.29. The van der Waals surface area contributed by atoms with E-state index in [1.807, 2.05) is 36.4 Å². The fraction of sp³-hybridized carbons (Fsp3) is 0.0714. The lowest BCUT2D eigenvalue weighted by atomic mass is 10.1. The molecule has 94 valence electrons. The second-order valence-electron chi connectivity index (χ2n) is 4.17. The van der Waals surface area contributed by atoms with Crippen molar-refractivity contribution < 1.29 is 0 Å². The summed E-state index contributed by atoms with van der Waals surface area (Å²) in [6.07, 6.45) is 5.23. The third-order valence-electron chi connectivity index (χ3n) is 2.95. The number of hydrogen-bond donors (Lipinski definition) is 2. The van der Waals surface area contributed by atoms with E-state index in [4.69, 9.17) is 5.84 Å². The summed E-state index contributed by atoms with van der Waals surface area (Å²) >= 11 is 0. The SMILES string of the molecule is NNC(c1cccnc1)c1cnc2ccccc2n1. The fourth-order valence-electron chi connectivity index (χ4n) is 2.01. The molecule has 2 heterocycles. The molecule has 0 spiro atoms. The quantitative estimate of drug-likeness (QED) is 0.546. The second-order valence-corrected chi connectivity index (χ2v) is 4.17. The van der Waals surface area contributed by atoms with Crippen LogP contribution >= 0.6 is 0 Å². The number of fused-ring (bicyclic) bond motifs is 1. The summed E-state index contributed by atoms with van der Waals surface area (Å²) in [5.41, 5.74) is 6.20. The molecule has 2 aromatic heterocycles. The number of hydrazine groups is 1. The molecule has 0 saturated carbocycles. The van der Waals surface area contributed by atoms with Gasteiger partial charge in [0, 0.05) is 12.4 Å². The molecule has 0 fully saturated rings. The van der Waals surface area contributed by atoms with E-state index in [2.05, 4.69) is 20.4 Å². The van der Waals surface area contributed by atoms with E-state index in [9.17, 15) is 0 Å². The molecular formula is C14H13N5. The molecule has 0 radical (unpaired) electrons. The van der Waals surface area contributed by atoms with Crippen molar-refractivity contribution in [2.75, 3.05) is 0 Å². The number of benzene rings is 1. The average molecular weight is 251 g/mol. The van der Waals surface area contributed by atoms with Gasteiger partial charge in [0.1, 0.15) is 0 Å². The molecule has 1 aromatic carbocycles. The Kier molecular flexibility index (Phi) is 3.14. The van der Waals surface area contributed by atoms with Gasteiger partial charge in [0.15, 0.2) is 0 Å². The van der Waals surface area contributed by atoms with Crippen LogP contribution in [-0.2, 0) is 0 Å². The molecule has 0 aliphatic heterocycles. The first-order valence-corrected chi connectivity index (χ1v) is 5.96. The Morgan fingerprint density at radius 2 is 1.84 bits per heavy atom. The van der Waals surface area contributed by atoms with Crippen molar-refractivity contribution in [1.29, 1.82) is 0 Å². The number of hydrogen-bond acceptors (Lipinski definition) is 5. The number of pyridine rings is 1. The minimum Gasteiger partial charge on any atom is -0.271 e. The van der Waals surface area contributed by atoms with Crippen LogP contribution in [-0.4, -0.2) is 15.0 Å². The highest BCUT2D eigenvalue weighted by Gasteiger charge is 2.14. The number of para-hydroxylation sites is 2. The van der Waals surface area contributed by atoms with Gasteiger partial charge in [-0.15, -0.1) is 0 Å². The molecule has 1 atom stereocenters. The maximum Gasteiger partial charge on any atom is 0.0912 e. The van der Waals surface area contributed by atoms with Crippen LogP contribution in [0, 0.1) is 0 Å². The smallest absolute Gasteiger partial charge is 0.0912 e. The molecule has 0 amide bonds. The first-order valence-electron chi connectivity index (χ1n) is 5.96. The molecule has 0 saturated heterocycles. The zero-order chi connectivity index (χ0) is 13.1. The standard InChI is InChI=1S/C14H13N5/c15-19-14(10-4-3-7-16-8-10)13-9-17-11-5-1-2-6-12(11)18-13/h1-9,14,19H,15H2. The molecule has 19 heavy (non-hydrogen) atoms. The maximum absolute atomic E-state index is 5.64. The van der Waals surface area contributed by atoms with Gasteiger partial charge in [0.05, 0.1) is 29.0 Å². The molecule has 0 aliphatic carbocycles. The van der Waals surface area contributed by atoms with E-state index in [0.717, 1.165) is 22.3 Å². The Bertz CT molecular complexity index is 683. The van der Waals surface area contributed by atoms with E-state index in [1.54, 1.807) is 18.6 Å². The number of rotatable bonds is 3. The van der Waals surface area contributed by atoms with Crippen molar-refractivity contribution in [2.24, 2.45) is 5.84 Å². The number of nitrogens with two attached hydrogens (primary N) is 1. The van der Waals surface area contributed by atoms with Gasteiger partial charge < -0.3 is 0 Å². The summed E-state index contributed by atoms with van der Waals surface area (Å²) in [4.78, 5) is 13.1. The molecule has 5 heteroatoms. The van der Waals surface area contributed by atoms with E-state index < -0.39 is 0 Å². The Morgan fingerprint density at radius 3 is 2.58 bits per heavy atom. The molecule has 3 N–H and O–H groups in total. The van der Waals surface area contributed by atoms with Crippen LogP contribution < -0.4 is 11.3 Å². The summed E-state index contributed by atoms with van der Waals surface area (Å²) in [6, 6.07) is 11.4. The Balaban J connectivity index is 2.06. The van der Waals surface area contributed by atoms with Gasteiger partial charge in [-0.25, -0.2) is 10.4 Å². The summed E-state index contributed by atoms with van der Waals surface area (Å²) in [5, 5.41) is 0. The topological polar surface area (TPSA) is 76.7 Å². The highest BCUT2D eigenvalue weighted by molar-refractivity contribution is 5.73. The van der Waals surface area contributed by atoms with Gasteiger partial charge in [0.25, 0.3) is 0 Å². The third-order valence-corrected chi connectivity index (χ3v) is 2.95. The predicted octanol–water partition coefficient (Wildman–Crippen LogP) is 1.58. The Labute approximate surface area is 110 Å². The van der Waals surface area contributed by atoms with Crippen LogP contribution in [0.5, 0.6) is 0 Å². The summed E-state index contributed by atoms with van der Waals surface area (Å²) < 4.78 is 0. The minimum atomic E-state index is -0.217. The molecule has 0 bridgehead atoms. The van der Waals surface area contributed by atoms with Crippen molar-refractivity contribution in [3.05, 3.63) is 66.2 Å². The van der Waals surface area contributed by atoms with Crippen molar-refractivity contribution in [2.45, 2.75) is 6.04 Å². The Hall–Kier alpha value is -2.37. The van der Waals surface area contributed by atoms with E-state index in [-0.39, 0.29) is 6.04 Å². The van der Waals surface area contributed by atoms with Crippen LogP contribution in [0.3, 0.4) is 0 Å². The monoisotopic (exact) mass is 251 g/mol. The van der Waals surface area contributed by atoms with Crippen LogP contribution in [0.1, 0.15) is 17.3 Å². The van der Waals surface area contributed by atoms with Crippen molar-refractivity contribution in [3.63, 3.8) is 0 Å². The van der Waals surface area contributed by atoms with E-state index >= 15 is 0 Å². The highest BCUT2D eigenvalue weighted by Crippen LogP contribution is 2.19. The molecule has 3 rings (SSSR count). The van der Waals surface area contributed by atoms with Gasteiger partial charge in [0.2, 0.25) is 0 Å². The van der Waals surface area contributed by atoms with Crippen LogP contribution in [0.4, 0.5) is 0 Å². The second kappa shape index (κ2) is 5.09. The minimum absolute atomic E-state index is 0.217. The lowest BCUT2D eigenvalue weighted by molar-refractivity contribution is 0.618. The van der Waals surface area contributed by atoms with E-state index in [1.165, 1.54) is 0 Å². The Morgan fingerprint density at radius 1 is 1.00 bits per heavy atom. The normalized spacial score (nSPS) is 12.5. The lowest BCUT2D eigenvalue weighted by Gasteiger charge is -2.15.